The molecule has 0 saturated carbocycles. The highest BCUT2D eigenvalue weighted by atomic mass is 16.4. The summed E-state index contributed by atoms with van der Waals surface area (Å²) in [5, 5.41) is 20.8. The second-order valence-electron chi connectivity index (χ2n) is 4.53. The minimum Gasteiger partial charge on any atom is -0.480 e. The molecule has 2 aromatic carbocycles. The Balaban J connectivity index is 2.37. The zero-order valence-electron chi connectivity index (χ0n) is 11.1. The maximum absolute atomic E-state index is 11.1. The van der Waals surface area contributed by atoms with Crippen LogP contribution in [-0.4, -0.2) is 28.2 Å². The normalized spacial score (nSPS) is 10.8. The van der Waals surface area contributed by atoms with Crippen LogP contribution in [-0.2, 0) is 9.59 Å². The van der Waals surface area contributed by atoms with Crippen LogP contribution in [0.3, 0.4) is 0 Å². The van der Waals surface area contributed by atoms with Gasteiger partial charge in [0.2, 0.25) is 6.04 Å². The fourth-order valence-corrected chi connectivity index (χ4v) is 2.09. The molecule has 0 heterocycles. The average Bonchev–Trinajstić information content (AvgIpc) is 2.49. The molecule has 0 bridgehead atoms. The molecule has 0 fully saturated rings. The molecule has 5 nitrogen and oxygen atoms in total. The first kappa shape index (κ1) is 14.7. The zero-order valence-corrected chi connectivity index (χ0v) is 11.1. The lowest BCUT2D eigenvalue weighted by atomic mass is 9.98. The summed E-state index contributed by atoms with van der Waals surface area (Å²) in [5.74, 6) is -2.83. The second kappa shape index (κ2) is 6.67. The van der Waals surface area contributed by atoms with Gasteiger partial charge < -0.3 is 10.2 Å². The Morgan fingerprint density at radius 1 is 0.762 bits per heavy atom. The summed E-state index contributed by atoms with van der Waals surface area (Å²) >= 11 is 0. The number of nitrogens with one attached hydrogen (secondary N) is 1. The van der Waals surface area contributed by atoms with Crippen molar-refractivity contribution in [1.29, 1.82) is 0 Å². The molecule has 0 amide bonds. The van der Waals surface area contributed by atoms with E-state index in [9.17, 15) is 9.59 Å². The lowest BCUT2D eigenvalue weighted by molar-refractivity contribution is -0.151. The molecule has 0 saturated heterocycles. The Bertz CT molecular complexity index is 559. The largest absolute Gasteiger partial charge is 0.480 e. The van der Waals surface area contributed by atoms with Crippen molar-refractivity contribution in [2.75, 3.05) is 0 Å². The summed E-state index contributed by atoms with van der Waals surface area (Å²) in [6.07, 6.45) is 0. The van der Waals surface area contributed by atoms with Crippen LogP contribution >= 0.6 is 0 Å². The van der Waals surface area contributed by atoms with Gasteiger partial charge in [0.15, 0.2) is 0 Å². The molecule has 0 unspecified atom stereocenters. The number of hydrogen-bond donors (Lipinski definition) is 3. The number of carbonyl (C=O) groups is 2. The lowest BCUT2D eigenvalue weighted by Crippen LogP contribution is -2.45. The van der Waals surface area contributed by atoms with E-state index in [1.165, 1.54) is 0 Å². The fraction of sp³-hybridized carbons (Fsp3) is 0.125. The van der Waals surface area contributed by atoms with Crippen LogP contribution in [0.15, 0.2) is 60.7 Å². The van der Waals surface area contributed by atoms with Crippen molar-refractivity contribution in [1.82, 2.24) is 5.32 Å². The number of benzene rings is 2. The van der Waals surface area contributed by atoms with E-state index in [-0.39, 0.29) is 0 Å². The summed E-state index contributed by atoms with van der Waals surface area (Å²) in [7, 11) is 0. The van der Waals surface area contributed by atoms with Crippen molar-refractivity contribution in [2.24, 2.45) is 0 Å². The van der Waals surface area contributed by atoms with E-state index in [0.717, 1.165) is 11.1 Å². The third-order valence-corrected chi connectivity index (χ3v) is 3.09. The highest BCUT2D eigenvalue weighted by Crippen LogP contribution is 2.22. The van der Waals surface area contributed by atoms with Crippen LogP contribution in [0.25, 0.3) is 0 Å². The van der Waals surface area contributed by atoms with Crippen molar-refractivity contribution < 1.29 is 19.8 Å². The van der Waals surface area contributed by atoms with Crippen LogP contribution in [0.1, 0.15) is 17.2 Å². The molecule has 21 heavy (non-hydrogen) atoms. The second-order valence-corrected chi connectivity index (χ2v) is 4.53. The molecule has 0 aromatic heterocycles. The third-order valence-electron chi connectivity index (χ3n) is 3.09. The van der Waals surface area contributed by atoms with Gasteiger partial charge in [-0.1, -0.05) is 60.7 Å². The van der Waals surface area contributed by atoms with E-state index in [2.05, 4.69) is 5.32 Å². The van der Waals surface area contributed by atoms with Crippen molar-refractivity contribution in [3.63, 3.8) is 0 Å². The van der Waals surface area contributed by atoms with E-state index in [4.69, 9.17) is 10.2 Å². The van der Waals surface area contributed by atoms with Crippen molar-refractivity contribution in [3.05, 3.63) is 71.8 Å². The molecular formula is C16H15NO4. The van der Waals surface area contributed by atoms with E-state index in [1.54, 1.807) is 0 Å². The molecule has 108 valence electrons. The summed E-state index contributed by atoms with van der Waals surface area (Å²) in [6.45, 7) is 0. The number of carboxylic acid groups (broad SMARTS) is 2. The highest BCUT2D eigenvalue weighted by molar-refractivity contribution is 5.97. The van der Waals surface area contributed by atoms with Crippen LogP contribution in [0.5, 0.6) is 0 Å². The van der Waals surface area contributed by atoms with Gasteiger partial charge >= 0.3 is 11.9 Å². The maximum Gasteiger partial charge on any atom is 0.332 e. The molecule has 5 heteroatoms. The first-order chi connectivity index (χ1) is 10.1. The van der Waals surface area contributed by atoms with Crippen molar-refractivity contribution in [2.45, 2.75) is 12.1 Å². The van der Waals surface area contributed by atoms with Gasteiger partial charge in [0.1, 0.15) is 0 Å². The predicted octanol–water partition coefficient (Wildman–Crippen LogP) is 1.90. The SMILES string of the molecule is O=C(O)C(NC(c1ccccc1)c1ccccc1)C(=O)O. The molecule has 0 radical (unpaired) electrons. The van der Waals surface area contributed by atoms with Gasteiger partial charge in [-0.05, 0) is 11.1 Å². The topological polar surface area (TPSA) is 86.6 Å². The minimum atomic E-state index is -1.67. The van der Waals surface area contributed by atoms with Gasteiger partial charge in [-0.3, -0.25) is 5.32 Å². The van der Waals surface area contributed by atoms with Crippen LogP contribution in [0, 0.1) is 0 Å². The zero-order chi connectivity index (χ0) is 15.2. The average molecular weight is 285 g/mol. The molecular weight excluding hydrogens is 270 g/mol. The number of hydrogen-bond acceptors (Lipinski definition) is 3. The molecule has 0 spiro atoms. The quantitative estimate of drug-likeness (QED) is 0.706. The van der Waals surface area contributed by atoms with Crippen LogP contribution in [0.2, 0.25) is 0 Å². The Hall–Kier alpha value is -2.66. The van der Waals surface area contributed by atoms with Crippen LogP contribution in [0.4, 0.5) is 0 Å². The summed E-state index contributed by atoms with van der Waals surface area (Å²) in [4.78, 5) is 22.2. The third kappa shape index (κ3) is 3.67. The minimum absolute atomic E-state index is 0.510. The summed E-state index contributed by atoms with van der Waals surface area (Å²) in [6, 6.07) is 16.1. The van der Waals surface area contributed by atoms with E-state index in [1.807, 2.05) is 60.7 Å². The first-order valence-corrected chi connectivity index (χ1v) is 6.41. The standard InChI is InChI=1S/C16H15NO4/c18-15(19)14(16(20)21)17-13(11-7-3-1-4-8-11)12-9-5-2-6-10-12/h1-10,13-14,17H,(H,18,19)(H,20,21). The molecule has 0 atom stereocenters. The molecule has 0 aliphatic carbocycles. The van der Waals surface area contributed by atoms with Gasteiger partial charge in [-0.25, -0.2) is 9.59 Å². The van der Waals surface area contributed by atoms with E-state index in [0.29, 0.717) is 0 Å². The highest BCUT2D eigenvalue weighted by Gasteiger charge is 2.29. The maximum atomic E-state index is 11.1. The summed E-state index contributed by atoms with van der Waals surface area (Å²) in [5.41, 5.74) is 1.60. The van der Waals surface area contributed by atoms with E-state index >= 15 is 0 Å². The number of rotatable bonds is 6. The summed E-state index contributed by atoms with van der Waals surface area (Å²) < 4.78 is 0. The van der Waals surface area contributed by atoms with Gasteiger partial charge in [-0.15, -0.1) is 0 Å². The first-order valence-electron chi connectivity index (χ1n) is 6.41. The van der Waals surface area contributed by atoms with Gasteiger partial charge in [0.05, 0.1) is 6.04 Å². The monoisotopic (exact) mass is 285 g/mol. The molecule has 2 rings (SSSR count). The molecule has 0 aliphatic heterocycles. The lowest BCUT2D eigenvalue weighted by Gasteiger charge is -2.22. The number of aliphatic carboxylic acids is 2. The molecule has 3 N–H and O–H groups in total. The Morgan fingerprint density at radius 2 is 1.14 bits per heavy atom. The smallest absolute Gasteiger partial charge is 0.332 e. The molecule has 2 aromatic rings. The Kier molecular flexibility index (Phi) is 4.68. The fourth-order valence-electron chi connectivity index (χ4n) is 2.09. The van der Waals surface area contributed by atoms with Gasteiger partial charge in [0, 0.05) is 0 Å². The molecule has 0 aliphatic rings. The van der Waals surface area contributed by atoms with E-state index < -0.39 is 24.0 Å². The van der Waals surface area contributed by atoms with Gasteiger partial charge in [0.25, 0.3) is 0 Å². The van der Waals surface area contributed by atoms with Crippen molar-refractivity contribution >= 4 is 11.9 Å². The van der Waals surface area contributed by atoms with Gasteiger partial charge in [-0.2, -0.15) is 0 Å². The van der Waals surface area contributed by atoms with Crippen molar-refractivity contribution in [3.8, 4) is 0 Å². The Morgan fingerprint density at radius 3 is 1.48 bits per heavy atom. The predicted molar refractivity (Wildman–Crippen MR) is 76.9 cm³/mol. The van der Waals surface area contributed by atoms with Crippen LogP contribution < -0.4 is 5.32 Å². The Labute approximate surface area is 121 Å². The number of carboxylic acids is 2.